The Balaban J connectivity index is 4.12. The third-order valence-electron chi connectivity index (χ3n) is 9.72. The summed E-state index contributed by atoms with van der Waals surface area (Å²) in [5.74, 6) is 0.349. The minimum atomic E-state index is 0.349. The molecule has 0 rings (SSSR count). The first-order valence-electron chi connectivity index (χ1n) is 20.9. The first-order valence-corrected chi connectivity index (χ1v) is 20.9. The zero-order chi connectivity index (χ0) is 34.5. The van der Waals surface area contributed by atoms with Crippen LogP contribution in [0.3, 0.4) is 0 Å². The van der Waals surface area contributed by atoms with Crippen LogP contribution in [0.2, 0.25) is 0 Å². The maximum Gasteiger partial charge on any atom is 0.222 e. The smallest absolute Gasteiger partial charge is 0.222 e. The number of hydrogen-bond acceptors (Lipinski definition) is 2. The van der Waals surface area contributed by atoms with Crippen LogP contribution in [0.15, 0.2) is 36.5 Å². The lowest BCUT2D eigenvalue weighted by Gasteiger charge is -2.29. The van der Waals surface area contributed by atoms with E-state index in [9.17, 15) is 4.79 Å². The fraction of sp³-hybridized carbons (Fsp3) is 0.841. The van der Waals surface area contributed by atoms with Crippen molar-refractivity contribution in [1.29, 1.82) is 0 Å². The largest absolute Gasteiger partial charge is 0.343 e. The highest BCUT2D eigenvalue weighted by atomic mass is 16.2. The molecular formula is C44H84N2O. The van der Waals surface area contributed by atoms with E-state index >= 15 is 0 Å². The highest BCUT2D eigenvalue weighted by Gasteiger charge is 2.19. The van der Waals surface area contributed by atoms with E-state index in [-0.39, 0.29) is 0 Å². The van der Waals surface area contributed by atoms with Gasteiger partial charge in [-0.3, -0.25) is 4.79 Å². The fourth-order valence-corrected chi connectivity index (χ4v) is 6.45. The quantitative estimate of drug-likeness (QED) is 0.0495. The van der Waals surface area contributed by atoms with Gasteiger partial charge in [0.25, 0.3) is 0 Å². The molecule has 0 heterocycles. The highest BCUT2D eigenvalue weighted by Crippen LogP contribution is 2.19. The minimum Gasteiger partial charge on any atom is -0.343 e. The maximum atomic E-state index is 13.0. The second-order valence-electron chi connectivity index (χ2n) is 14.7. The summed E-state index contributed by atoms with van der Waals surface area (Å²) in [6.45, 7) is 5.55. The van der Waals surface area contributed by atoms with E-state index in [1.165, 1.54) is 173 Å². The summed E-state index contributed by atoms with van der Waals surface area (Å²) in [4.78, 5) is 17.3. The molecule has 0 spiro atoms. The first kappa shape index (κ1) is 45.6. The Morgan fingerprint density at radius 1 is 0.468 bits per heavy atom. The number of unbranched alkanes of at least 4 members (excludes halogenated alkanes) is 21. The molecule has 0 fully saturated rings. The number of amides is 1. The van der Waals surface area contributed by atoms with Gasteiger partial charge in [0.05, 0.1) is 0 Å². The molecule has 0 aliphatic rings. The lowest BCUT2D eigenvalue weighted by molar-refractivity contribution is -0.132. The summed E-state index contributed by atoms with van der Waals surface area (Å²) < 4.78 is 0. The molecule has 1 unspecified atom stereocenters. The molecule has 0 aliphatic carbocycles. The van der Waals surface area contributed by atoms with Crippen molar-refractivity contribution < 1.29 is 4.79 Å². The molecule has 0 N–H and O–H groups in total. The van der Waals surface area contributed by atoms with E-state index in [1.807, 2.05) is 0 Å². The van der Waals surface area contributed by atoms with Crippen LogP contribution in [0, 0.1) is 0 Å². The number of carbonyl (C=O) groups is 1. The molecule has 0 aromatic carbocycles. The second kappa shape index (κ2) is 37.5. The summed E-state index contributed by atoms with van der Waals surface area (Å²) in [6, 6.07) is 0.421. The van der Waals surface area contributed by atoms with Crippen LogP contribution >= 0.6 is 0 Å². The van der Waals surface area contributed by atoms with Crippen molar-refractivity contribution in [3.8, 4) is 0 Å². The molecule has 0 radical (unpaired) electrons. The molecule has 1 atom stereocenters. The van der Waals surface area contributed by atoms with Crippen molar-refractivity contribution in [2.45, 2.75) is 213 Å². The van der Waals surface area contributed by atoms with Gasteiger partial charge < -0.3 is 9.80 Å². The molecular weight excluding hydrogens is 572 g/mol. The fourth-order valence-electron chi connectivity index (χ4n) is 6.45. The van der Waals surface area contributed by atoms with Gasteiger partial charge in [0, 0.05) is 19.5 Å². The van der Waals surface area contributed by atoms with Gasteiger partial charge in [-0.15, -0.1) is 0 Å². The third kappa shape index (κ3) is 34.3. The van der Waals surface area contributed by atoms with Crippen LogP contribution in [0.4, 0.5) is 0 Å². The van der Waals surface area contributed by atoms with Crippen LogP contribution in [0.25, 0.3) is 0 Å². The van der Waals surface area contributed by atoms with Crippen molar-refractivity contribution in [2.75, 3.05) is 27.7 Å². The summed E-state index contributed by atoms with van der Waals surface area (Å²) in [5, 5.41) is 0. The molecule has 3 heteroatoms. The highest BCUT2D eigenvalue weighted by molar-refractivity contribution is 5.76. The van der Waals surface area contributed by atoms with Crippen molar-refractivity contribution >= 4 is 5.91 Å². The van der Waals surface area contributed by atoms with Crippen LogP contribution in [0.5, 0.6) is 0 Å². The summed E-state index contributed by atoms with van der Waals surface area (Å²) in [6.07, 6.45) is 52.6. The van der Waals surface area contributed by atoms with Gasteiger partial charge in [-0.2, -0.15) is 0 Å². The topological polar surface area (TPSA) is 23.6 Å². The van der Waals surface area contributed by atoms with Crippen molar-refractivity contribution in [3.63, 3.8) is 0 Å². The Kier molecular flexibility index (Phi) is 36.4. The Labute approximate surface area is 296 Å². The number of rotatable bonds is 36. The van der Waals surface area contributed by atoms with E-state index in [0.29, 0.717) is 18.4 Å². The lowest BCUT2D eigenvalue weighted by Crippen LogP contribution is -2.37. The third-order valence-corrected chi connectivity index (χ3v) is 9.72. The average molecular weight is 657 g/mol. The first-order chi connectivity index (χ1) is 23.0. The lowest BCUT2D eigenvalue weighted by atomic mass is 9.98. The molecule has 0 saturated heterocycles. The number of allylic oxidation sites excluding steroid dienone is 6. The SMILES string of the molecule is CCCCC/C=C\C/C=C\CCCCCCCCC(CCCCCCCC/C=C\CCCCCCCC)N(C)C(=O)CCCN(C)C. The monoisotopic (exact) mass is 657 g/mol. The van der Waals surface area contributed by atoms with E-state index in [2.05, 4.69) is 81.2 Å². The summed E-state index contributed by atoms with van der Waals surface area (Å²) in [5.41, 5.74) is 0. The summed E-state index contributed by atoms with van der Waals surface area (Å²) >= 11 is 0. The van der Waals surface area contributed by atoms with Gasteiger partial charge in [0.15, 0.2) is 0 Å². The molecule has 0 bridgehead atoms. The molecule has 1 amide bonds. The molecule has 0 aromatic heterocycles. The van der Waals surface area contributed by atoms with Crippen LogP contribution < -0.4 is 0 Å². The molecule has 0 aliphatic heterocycles. The zero-order valence-electron chi connectivity index (χ0n) is 32.8. The van der Waals surface area contributed by atoms with Gasteiger partial charge >= 0.3 is 0 Å². The standard InChI is InChI=1S/C44H84N2O/c1-6-8-10-12-14-16-18-20-22-24-26-28-30-32-34-36-39-43(46(5)44(47)41-38-42-45(3)4)40-37-35-33-31-29-27-25-23-21-19-17-15-13-11-9-7-2/h14,16,20-23,43H,6-13,15,17-19,24-42H2,1-5H3/b16-14-,22-20-,23-21-. The van der Waals surface area contributed by atoms with Gasteiger partial charge in [0.1, 0.15) is 0 Å². The van der Waals surface area contributed by atoms with Crippen molar-refractivity contribution in [2.24, 2.45) is 0 Å². The Morgan fingerprint density at radius 2 is 0.830 bits per heavy atom. The predicted molar refractivity (Wildman–Crippen MR) is 212 cm³/mol. The molecule has 0 aromatic rings. The predicted octanol–water partition coefficient (Wildman–Crippen LogP) is 13.8. The average Bonchev–Trinajstić information content (AvgIpc) is 3.06. The van der Waals surface area contributed by atoms with Gasteiger partial charge in [-0.1, -0.05) is 159 Å². The van der Waals surface area contributed by atoms with Crippen LogP contribution in [-0.4, -0.2) is 49.4 Å². The Hall–Kier alpha value is -1.35. The van der Waals surface area contributed by atoms with Crippen LogP contribution in [-0.2, 0) is 4.79 Å². The molecule has 0 saturated carbocycles. The molecule has 3 nitrogen and oxygen atoms in total. The number of carbonyl (C=O) groups excluding carboxylic acids is 1. The van der Waals surface area contributed by atoms with Gasteiger partial charge in [0.2, 0.25) is 5.91 Å². The number of nitrogens with zero attached hydrogens (tertiary/aromatic N) is 2. The Morgan fingerprint density at radius 3 is 1.28 bits per heavy atom. The van der Waals surface area contributed by atoms with Crippen molar-refractivity contribution in [3.05, 3.63) is 36.5 Å². The van der Waals surface area contributed by atoms with E-state index in [4.69, 9.17) is 0 Å². The Bertz CT molecular complexity index is 724. The molecule has 47 heavy (non-hydrogen) atoms. The van der Waals surface area contributed by atoms with Crippen molar-refractivity contribution in [1.82, 2.24) is 9.80 Å². The van der Waals surface area contributed by atoms with E-state index in [1.54, 1.807) is 0 Å². The molecule has 276 valence electrons. The second-order valence-corrected chi connectivity index (χ2v) is 14.7. The van der Waals surface area contributed by atoms with Crippen LogP contribution in [0.1, 0.15) is 206 Å². The van der Waals surface area contributed by atoms with E-state index < -0.39 is 0 Å². The summed E-state index contributed by atoms with van der Waals surface area (Å²) in [7, 11) is 6.27. The normalized spacial score (nSPS) is 12.8. The minimum absolute atomic E-state index is 0.349. The number of hydrogen-bond donors (Lipinski definition) is 0. The van der Waals surface area contributed by atoms with Gasteiger partial charge in [-0.25, -0.2) is 0 Å². The zero-order valence-corrected chi connectivity index (χ0v) is 32.8. The maximum absolute atomic E-state index is 13.0. The van der Waals surface area contributed by atoms with E-state index in [0.717, 1.165) is 19.4 Å². The van der Waals surface area contributed by atoms with Gasteiger partial charge in [-0.05, 0) is 97.7 Å².